The minimum absolute atomic E-state index is 0.0768. The Morgan fingerprint density at radius 3 is 2.68 bits per heavy atom. The maximum Gasteiger partial charge on any atom is 0.304 e. The van der Waals surface area contributed by atoms with Crippen LogP contribution in [0.3, 0.4) is 0 Å². The summed E-state index contributed by atoms with van der Waals surface area (Å²) in [6, 6.07) is 3.10. The Morgan fingerprint density at radius 1 is 1.47 bits per heavy atom. The summed E-state index contributed by atoms with van der Waals surface area (Å²) in [5.41, 5.74) is -0.558. The Labute approximate surface area is 110 Å². The third-order valence-corrected chi connectivity index (χ3v) is 2.47. The minimum Gasteiger partial charge on any atom is -0.352 e. The van der Waals surface area contributed by atoms with Gasteiger partial charge in [-0.1, -0.05) is 0 Å². The molecule has 0 spiro atoms. The van der Waals surface area contributed by atoms with Crippen molar-refractivity contribution in [3.8, 4) is 0 Å². The van der Waals surface area contributed by atoms with Crippen LogP contribution in [0.25, 0.3) is 0 Å². The van der Waals surface area contributed by atoms with Crippen LogP contribution >= 0.6 is 0 Å². The molecule has 0 fully saturated rings. The molecule has 1 rings (SSSR count). The van der Waals surface area contributed by atoms with Crippen LogP contribution in [-0.4, -0.2) is 42.9 Å². The Balaban J connectivity index is 2.58. The molecule has 0 aliphatic rings. The lowest BCUT2D eigenvalue weighted by atomic mass is 10.2. The fourth-order valence-corrected chi connectivity index (χ4v) is 1.50. The molecule has 1 aromatic rings. The number of carbonyl (C=O) groups excluding carboxylic acids is 1. The van der Waals surface area contributed by atoms with Gasteiger partial charge in [-0.2, -0.15) is 4.39 Å². The smallest absolute Gasteiger partial charge is 0.304 e. The highest BCUT2D eigenvalue weighted by atomic mass is 19.1. The van der Waals surface area contributed by atoms with Gasteiger partial charge >= 0.3 is 5.69 Å². The van der Waals surface area contributed by atoms with Crippen LogP contribution in [0.15, 0.2) is 18.2 Å². The van der Waals surface area contributed by atoms with E-state index in [0.717, 1.165) is 25.1 Å². The molecule has 0 saturated heterocycles. The van der Waals surface area contributed by atoms with Gasteiger partial charge in [0.05, 0.1) is 4.92 Å². The average Bonchev–Trinajstić information content (AvgIpc) is 2.33. The van der Waals surface area contributed by atoms with Gasteiger partial charge in [0.1, 0.15) is 0 Å². The average molecular weight is 269 g/mol. The summed E-state index contributed by atoms with van der Waals surface area (Å²) in [6.07, 6.45) is 0.772. The Bertz CT molecular complexity index is 477. The van der Waals surface area contributed by atoms with E-state index < -0.39 is 22.3 Å². The first-order valence-corrected chi connectivity index (χ1v) is 5.78. The van der Waals surface area contributed by atoms with Crippen LogP contribution in [0.1, 0.15) is 16.8 Å². The largest absolute Gasteiger partial charge is 0.352 e. The molecule has 1 aromatic carbocycles. The van der Waals surface area contributed by atoms with Crippen molar-refractivity contribution < 1.29 is 14.1 Å². The minimum atomic E-state index is -1.01. The van der Waals surface area contributed by atoms with Crippen LogP contribution in [0.4, 0.5) is 10.1 Å². The Hall–Kier alpha value is -2.02. The van der Waals surface area contributed by atoms with Crippen molar-refractivity contribution in [1.82, 2.24) is 10.2 Å². The predicted octanol–water partition coefficient (Wildman–Crippen LogP) is 1.42. The van der Waals surface area contributed by atoms with Crippen LogP contribution in [-0.2, 0) is 0 Å². The van der Waals surface area contributed by atoms with Gasteiger partial charge in [0.15, 0.2) is 0 Å². The maximum absolute atomic E-state index is 13.3. The van der Waals surface area contributed by atoms with E-state index >= 15 is 0 Å². The summed E-state index contributed by atoms with van der Waals surface area (Å²) in [5, 5.41) is 13.1. The quantitative estimate of drug-likeness (QED) is 0.481. The van der Waals surface area contributed by atoms with Gasteiger partial charge in [0.2, 0.25) is 5.82 Å². The zero-order valence-corrected chi connectivity index (χ0v) is 10.9. The zero-order valence-electron chi connectivity index (χ0n) is 10.9. The van der Waals surface area contributed by atoms with Gasteiger partial charge in [0.25, 0.3) is 5.91 Å². The molecular weight excluding hydrogens is 253 g/mol. The maximum atomic E-state index is 13.3. The van der Waals surface area contributed by atoms with Gasteiger partial charge in [0, 0.05) is 18.2 Å². The molecule has 6 nitrogen and oxygen atoms in total. The number of nitrogens with zero attached hydrogens (tertiary/aromatic N) is 2. The lowest BCUT2D eigenvalue weighted by molar-refractivity contribution is -0.387. The van der Waals surface area contributed by atoms with Crippen LogP contribution in [0, 0.1) is 15.9 Å². The van der Waals surface area contributed by atoms with Gasteiger partial charge in [-0.25, -0.2) is 0 Å². The van der Waals surface area contributed by atoms with Gasteiger partial charge in [-0.15, -0.1) is 0 Å². The van der Waals surface area contributed by atoms with E-state index in [9.17, 15) is 19.3 Å². The second-order valence-corrected chi connectivity index (χ2v) is 4.34. The monoisotopic (exact) mass is 269 g/mol. The molecule has 104 valence electrons. The molecule has 0 saturated carbocycles. The predicted molar refractivity (Wildman–Crippen MR) is 68.6 cm³/mol. The van der Waals surface area contributed by atoms with Crippen molar-refractivity contribution in [2.24, 2.45) is 0 Å². The van der Waals surface area contributed by atoms with E-state index in [4.69, 9.17) is 0 Å². The molecule has 0 bridgehead atoms. The summed E-state index contributed by atoms with van der Waals surface area (Å²) in [6.45, 7) is 1.30. The number of nitrogens with one attached hydrogen (secondary N) is 1. The standard InChI is InChI=1S/C12H16FN3O3/c1-15(2)7-3-6-14-12(17)9-4-5-11(16(18)19)10(13)8-9/h4-5,8H,3,6-7H2,1-2H3,(H,14,17). The summed E-state index contributed by atoms with van der Waals surface area (Å²) in [7, 11) is 3.85. The number of nitro benzene ring substituents is 1. The number of amides is 1. The number of halogens is 1. The number of carbonyl (C=O) groups is 1. The van der Waals surface area contributed by atoms with Crippen molar-refractivity contribution in [2.45, 2.75) is 6.42 Å². The van der Waals surface area contributed by atoms with Crippen molar-refractivity contribution >= 4 is 11.6 Å². The number of rotatable bonds is 6. The van der Waals surface area contributed by atoms with Crippen molar-refractivity contribution in [3.63, 3.8) is 0 Å². The van der Waals surface area contributed by atoms with E-state index in [0.29, 0.717) is 6.54 Å². The molecule has 0 heterocycles. The van der Waals surface area contributed by atoms with E-state index in [1.54, 1.807) is 0 Å². The molecule has 0 unspecified atom stereocenters. The zero-order chi connectivity index (χ0) is 14.4. The third kappa shape index (κ3) is 4.63. The van der Waals surface area contributed by atoms with Crippen LogP contribution in [0.5, 0.6) is 0 Å². The van der Waals surface area contributed by atoms with Crippen LogP contribution in [0.2, 0.25) is 0 Å². The van der Waals surface area contributed by atoms with Crippen molar-refractivity contribution in [1.29, 1.82) is 0 Å². The van der Waals surface area contributed by atoms with E-state index in [1.807, 2.05) is 19.0 Å². The molecule has 0 atom stereocenters. The number of hydrogen-bond donors (Lipinski definition) is 1. The third-order valence-electron chi connectivity index (χ3n) is 2.47. The Morgan fingerprint density at radius 2 is 2.16 bits per heavy atom. The first-order chi connectivity index (χ1) is 8.91. The molecule has 19 heavy (non-hydrogen) atoms. The topological polar surface area (TPSA) is 75.5 Å². The molecule has 0 aliphatic heterocycles. The molecule has 7 heteroatoms. The highest BCUT2D eigenvalue weighted by molar-refractivity contribution is 5.94. The molecule has 1 N–H and O–H groups in total. The van der Waals surface area contributed by atoms with Gasteiger partial charge in [-0.3, -0.25) is 14.9 Å². The summed E-state index contributed by atoms with van der Waals surface area (Å²) < 4.78 is 13.3. The summed E-state index contributed by atoms with van der Waals surface area (Å²) in [4.78, 5) is 23.3. The first-order valence-electron chi connectivity index (χ1n) is 5.78. The fraction of sp³-hybridized carbons (Fsp3) is 0.417. The second-order valence-electron chi connectivity index (χ2n) is 4.34. The molecule has 0 radical (unpaired) electrons. The SMILES string of the molecule is CN(C)CCCNC(=O)c1ccc([N+](=O)[O-])c(F)c1. The summed E-state index contributed by atoms with van der Waals surface area (Å²) in [5.74, 6) is -1.45. The first kappa shape index (κ1) is 15.0. The van der Waals surface area contributed by atoms with Gasteiger partial charge < -0.3 is 10.2 Å². The number of hydrogen-bond acceptors (Lipinski definition) is 4. The molecule has 1 amide bonds. The number of benzene rings is 1. The van der Waals surface area contributed by atoms with Crippen molar-refractivity contribution in [2.75, 3.05) is 27.2 Å². The van der Waals surface area contributed by atoms with E-state index in [-0.39, 0.29) is 5.56 Å². The van der Waals surface area contributed by atoms with Crippen LogP contribution < -0.4 is 5.32 Å². The fourth-order valence-electron chi connectivity index (χ4n) is 1.50. The lowest BCUT2D eigenvalue weighted by Crippen LogP contribution is -2.27. The number of nitro groups is 1. The summed E-state index contributed by atoms with van der Waals surface area (Å²) >= 11 is 0. The second kappa shape index (κ2) is 6.79. The molecular formula is C12H16FN3O3. The van der Waals surface area contributed by atoms with E-state index in [1.165, 1.54) is 6.07 Å². The van der Waals surface area contributed by atoms with E-state index in [2.05, 4.69) is 5.32 Å². The van der Waals surface area contributed by atoms with Gasteiger partial charge in [-0.05, 0) is 39.2 Å². The van der Waals surface area contributed by atoms with Crippen molar-refractivity contribution in [3.05, 3.63) is 39.7 Å². The molecule has 0 aliphatic carbocycles. The molecule has 0 aromatic heterocycles. The highest BCUT2D eigenvalue weighted by Crippen LogP contribution is 2.17. The normalized spacial score (nSPS) is 10.5. The Kier molecular flexibility index (Phi) is 5.37. The highest BCUT2D eigenvalue weighted by Gasteiger charge is 2.16. The lowest BCUT2D eigenvalue weighted by Gasteiger charge is -2.09.